The molecule has 0 aliphatic carbocycles. The van der Waals surface area contributed by atoms with E-state index in [1.165, 1.54) is 12.0 Å². The zero-order chi connectivity index (χ0) is 13.9. The topological polar surface area (TPSA) is 9.23 Å². The molecular weight excluding hydrogens is 208 g/mol. The van der Waals surface area contributed by atoms with E-state index >= 15 is 0 Å². The number of rotatable bonds is 6. The first-order chi connectivity index (χ1) is 8.26. The van der Waals surface area contributed by atoms with Crippen LogP contribution in [0.15, 0.2) is 36.5 Å². The Hall–Kier alpha value is -0.820. The quantitative estimate of drug-likeness (QED) is 0.553. The second-order valence-electron chi connectivity index (χ2n) is 3.22. The zero-order valence-electron chi connectivity index (χ0n) is 12.8. The number of hydrogen-bond acceptors (Lipinski definition) is 1. The van der Waals surface area contributed by atoms with E-state index in [-0.39, 0.29) is 0 Å². The van der Waals surface area contributed by atoms with Crippen LogP contribution in [0.1, 0.15) is 53.9 Å². The molecule has 0 unspecified atom stereocenters. The molecule has 0 rings (SSSR count). The summed E-state index contributed by atoms with van der Waals surface area (Å²) < 4.78 is 4.69. The Bertz CT molecular complexity index is 176. The minimum Gasteiger partial charge on any atom is -0.385 e. The lowest BCUT2D eigenvalue weighted by Gasteiger charge is -1.95. The molecule has 0 aliphatic heterocycles. The Morgan fingerprint density at radius 3 is 2.00 bits per heavy atom. The molecule has 0 aromatic carbocycles. The first kappa shape index (κ1) is 21.5. The molecule has 0 heterocycles. The van der Waals surface area contributed by atoms with Crippen molar-refractivity contribution in [2.75, 3.05) is 13.7 Å². The summed E-state index contributed by atoms with van der Waals surface area (Å²) in [6.45, 7) is 14.8. The maximum absolute atomic E-state index is 4.69. The molecule has 102 valence electrons. The van der Waals surface area contributed by atoms with Crippen molar-refractivity contribution >= 4 is 0 Å². The van der Waals surface area contributed by atoms with E-state index in [4.69, 9.17) is 4.74 Å². The number of methoxy groups -OCH3 is 1. The maximum atomic E-state index is 4.69. The van der Waals surface area contributed by atoms with Crippen molar-refractivity contribution in [2.24, 2.45) is 0 Å². The number of ether oxygens (including phenoxy) is 1. The van der Waals surface area contributed by atoms with E-state index in [9.17, 15) is 0 Å². The molecule has 0 aromatic rings. The van der Waals surface area contributed by atoms with Crippen LogP contribution in [0.25, 0.3) is 0 Å². The normalized spacial score (nSPS) is 10.1. The molecule has 0 saturated carbocycles. The first-order valence-corrected chi connectivity index (χ1v) is 6.69. The predicted molar refractivity (Wildman–Crippen MR) is 81.5 cm³/mol. The molecule has 1 heteroatoms. The van der Waals surface area contributed by atoms with Crippen LogP contribution in [0.3, 0.4) is 0 Å². The van der Waals surface area contributed by atoms with E-state index in [0.717, 1.165) is 19.4 Å². The van der Waals surface area contributed by atoms with Gasteiger partial charge in [-0.1, -0.05) is 65.0 Å². The van der Waals surface area contributed by atoms with Crippen molar-refractivity contribution in [3.8, 4) is 0 Å². The molecule has 1 nitrogen and oxygen atoms in total. The Balaban J connectivity index is -0.000000236. The second-order valence-corrected chi connectivity index (χ2v) is 3.22. The first-order valence-electron chi connectivity index (χ1n) is 6.69. The molecule has 0 fully saturated rings. The summed E-state index contributed by atoms with van der Waals surface area (Å²) in [5.74, 6) is 0. The SMILES string of the molecule is C=C/C=C(\C=C/C)CCC.CC.CCCOC. The molecular formula is C16H32O. The van der Waals surface area contributed by atoms with Gasteiger partial charge in [-0.25, -0.2) is 0 Å². The van der Waals surface area contributed by atoms with Crippen LogP contribution >= 0.6 is 0 Å². The fourth-order valence-electron chi connectivity index (χ4n) is 1.08. The highest BCUT2D eigenvalue weighted by Crippen LogP contribution is 2.05. The lowest BCUT2D eigenvalue weighted by molar-refractivity contribution is 0.199. The van der Waals surface area contributed by atoms with Crippen LogP contribution < -0.4 is 0 Å². The van der Waals surface area contributed by atoms with Crippen LogP contribution in [0.4, 0.5) is 0 Å². The van der Waals surface area contributed by atoms with E-state index in [1.807, 2.05) is 26.8 Å². The monoisotopic (exact) mass is 240 g/mol. The summed E-state index contributed by atoms with van der Waals surface area (Å²) >= 11 is 0. The second kappa shape index (κ2) is 24.4. The van der Waals surface area contributed by atoms with Gasteiger partial charge in [0.05, 0.1) is 0 Å². The molecule has 0 aliphatic rings. The summed E-state index contributed by atoms with van der Waals surface area (Å²) in [6, 6.07) is 0. The lowest BCUT2D eigenvalue weighted by Crippen LogP contribution is -1.80. The van der Waals surface area contributed by atoms with Crippen LogP contribution in [0.2, 0.25) is 0 Å². The summed E-state index contributed by atoms with van der Waals surface area (Å²) in [5, 5.41) is 0. The standard InChI is InChI=1S/C10H16.C4H10O.C2H6/c1-4-7-10(8-5-2)9-6-3;1-3-4-5-2;1-2/h4-5,7-8H,1,6,9H2,2-3H3;3-4H2,1-2H3;1-2H3/b8-5-,10-7+;;. The van der Waals surface area contributed by atoms with E-state index in [2.05, 4.69) is 38.7 Å². The maximum Gasteiger partial charge on any atom is 0.0459 e. The van der Waals surface area contributed by atoms with Gasteiger partial charge in [0, 0.05) is 13.7 Å². The Kier molecular flexibility index (Phi) is 30.8. The van der Waals surface area contributed by atoms with Crippen molar-refractivity contribution in [1.82, 2.24) is 0 Å². The van der Waals surface area contributed by atoms with Gasteiger partial charge in [-0.15, -0.1) is 0 Å². The third-order valence-corrected chi connectivity index (χ3v) is 1.66. The van der Waals surface area contributed by atoms with Gasteiger partial charge in [0.15, 0.2) is 0 Å². The van der Waals surface area contributed by atoms with E-state index in [0.29, 0.717) is 0 Å². The van der Waals surface area contributed by atoms with Gasteiger partial charge in [-0.05, 0) is 25.3 Å². The largest absolute Gasteiger partial charge is 0.385 e. The number of hydrogen-bond donors (Lipinski definition) is 0. The number of allylic oxidation sites excluding steroid dienone is 5. The summed E-state index contributed by atoms with van der Waals surface area (Å²) in [7, 11) is 1.71. The van der Waals surface area contributed by atoms with Gasteiger partial charge in [-0.2, -0.15) is 0 Å². The van der Waals surface area contributed by atoms with Gasteiger partial charge < -0.3 is 4.74 Å². The molecule has 0 N–H and O–H groups in total. The van der Waals surface area contributed by atoms with Gasteiger partial charge in [-0.3, -0.25) is 0 Å². The van der Waals surface area contributed by atoms with Crippen LogP contribution in [0, 0.1) is 0 Å². The van der Waals surface area contributed by atoms with Crippen molar-refractivity contribution < 1.29 is 4.74 Å². The van der Waals surface area contributed by atoms with Crippen molar-refractivity contribution in [3.63, 3.8) is 0 Å². The van der Waals surface area contributed by atoms with E-state index < -0.39 is 0 Å². The fraction of sp³-hybridized carbons (Fsp3) is 0.625. The average molecular weight is 240 g/mol. The summed E-state index contributed by atoms with van der Waals surface area (Å²) in [4.78, 5) is 0. The van der Waals surface area contributed by atoms with Gasteiger partial charge in [0.1, 0.15) is 0 Å². The van der Waals surface area contributed by atoms with Gasteiger partial charge >= 0.3 is 0 Å². The molecule has 0 atom stereocenters. The minimum atomic E-state index is 0.889. The Morgan fingerprint density at radius 2 is 1.76 bits per heavy atom. The molecule has 0 saturated heterocycles. The Morgan fingerprint density at radius 1 is 1.18 bits per heavy atom. The van der Waals surface area contributed by atoms with E-state index in [1.54, 1.807) is 7.11 Å². The molecule has 0 bridgehead atoms. The summed E-state index contributed by atoms with van der Waals surface area (Å²) in [5.41, 5.74) is 1.36. The Labute approximate surface area is 109 Å². The highest BCUT2D eigenvalue weighted by Gasteiger charge is 1.85. The third kappa shape index (κ3) is 25.4. The predicted octanol–water partition coefficient (Wildman–Crippen LogP) is 5.54. The van der Waals surface area contributed by atoms with Gasteiger partial charge in [0.25, 0.3) is 0 Å². The van der Waals surface area contributed by atoms with Crippen molar-refractivity contribution in [3.05, 3.63) is 36.5 Å². The van der Waals surface area contributed by atoms with Crippen LogP contribution in [-0.4, -0.2) is 13.7 Å². The van der Waals surface area contributed by atoms with Crippen molar-refractivity contribution in [2.45, 2.75) is 53.9 Å². The molecule has 0 spiro atoms. The average Bonchev–Trinajstić information content (AvgIpc) is 2.34. The fourth-order valence-corrected chi connectivity index (χ4v) is 1.08. The highest BCUT2D eigenvalue weighted by molar-refractivity contribution is 5.22. The smallest absolute Gasteiger partial charge is 0.0459 e. The molecule has 0 amide bonds. The lowest BCUT2D eigenvalue weighted by atomic mass is 10.1. The van der Waals surface area contributed by atoms with Crippen LogP contribution in [-0.2, 0) is 4.74 Å². The highest BCUT2D eigenvalue weighted by atomic mass is 16.5. The molecule has 17 heavy (non-hydrogen) atoms. The van der Waals surface area contributed by atoms with Crippen LogP contribution in [0.5, 0.6) is 0 Å². The minimum absolute atomic E-state index is 0.889. The van der Waals surface area contributed by atoms with Gasteiger partial charge in [0.2, 0.25) is 0 Å². The zero-order valence-corrected chi connectivity index (χ0v) is 12.8. The van der Waals surface area contributed by atoms with Crippen molar-refractivity contribution in [1.29, 1.82) is 0 Å². The third-order valence-electron chi connectivity index (χ3n) is 1.66. The molecule has 0 aromatic heterocycles. The summed E-state index contributed by atoms with van der Waals surface area (Å²) in [6.07, 6.45) is 11.6. The molecule has 0 radical (unpaired) electrons.